The van der Waals surface area contributed by atoms with Crippen molar-refractivity contribution < 1.29 is 23.4 Å². The molecule has 9 nitrogen and oxygen atoms in total. The molecule has 2 heterocycles. The van der Waals surface area contributed by atoms with E-state index in [0.717, 1.165) is 29.8 Å². The van der Waals surface area contributed by atoms with Crippen LogP contribution in [0.2, 0.25) is 5.02 Å². The lowest BCUT2D eigenvalue weighted by molar-refractivity contribution is -0.133. The third-order valence-electron chi connectivity index (χ3n) is 7.33. The maximum Gasteiger partial charge on any atom is 0.420 e. The number of carbonyl (C=O) groups is 1. The molecule has 0 radical (unpaired) electrons. The normalized spacial score (nSPS) is 14.7. The molecule has 1 amide bonds. The predicted molar refractivity (Wildman–Crippen MR) is 153 cm³/mol. The molecule has 0 bridgehead atoms. The Morgan fingerprint density at radius 1 is 0.975 bits per heavy atom. The summed E-state index contributed by atoms with van der Waals surface area (Å²) in [4.78, 5) is 30.2. The number of carbonyl (C=O) groups excluding carboxylic acids is 1. The van der Waals surface area contributed by atoms with Gasteiger partial charge in [-0.3, -0.25) is 14.3 Å². The molecule has 10 heteroatoms. The van der Waals surface area contributed by atoms with Crippen molar-refractivity contribution in [1.29, 1.82) is 0 Å². The van der Waals surface area contributed by atoms with E-state index >= 15 is 0 Å². The number of hydrogen-bond acceptors (Lipinski definition) is 7. The number of oxazole rings is 1. The second kappa shape index (κ2) is 12.2. The van der Waals surface area contributed by atoms with Crippen molar-refractivity contribution in [2.45, 2.75) is 12.6 Å². The van der Waals surface area contributed by atoms with Gasteiger partial charge in [0.1, 0.15) is 6.54 Å². The fourth-order valence-electron chi connectivity index (χ4n) is 5.00. The third kappa shape index (κ3) is 5.86. The summed E-state index contributed by atoms with van der Waals surface area (Å²) in [5, 5.41) is 0.461. The van der Waals surface area contributed by atoms with E-state index in [9.17, 15) is 9.59 Å². The van der Waals surface area contributed by atoms with E-state index in [1.54, 1.807) is 44.4 Å². The first-order valence-electron chi connectivity index (χ1n) is 13.0. The lowest BCUT2D eigenvalue weighted by atomic mass is 9.99. The largest absolute Gasteiger partial charge is 0.493 e. The molecular weight excluding hydrogens is 534 g/mol. The van der Waals surface area contributed by atoms with E-state index in [1.165, 1.54) is 4.57 Å². The van der Waals surface area contributed by atoms with E-state index < -0.39 is 5.76 Å². The minimum absolute atomic E-state index is 0.161. The number of methoxy groups -OCH3 is 2. The highest BCUT2D eigenvalue weighted by Gasteiger charge is 2.26. The van der Waals surface area contributed by atoms with Crippen molar-refractivity contribution in [3.8, 4) is 22.6 Å². The number of halogens is 1. The Labute approximate surface area is 237 Å². The van der Waals surface area contributed by atoms with Crippen LogP contribution in [-0.4, -0.2) is 74.4 Å². The number of nitrogens with zero attached hydrogens (tertiary/aromatic N) is 3. The van der Waals surface area contributed by atoms with Crippen LogP contribution in [0.25, 0.3) is 22.2 Å². The Kier molecular flexibility index (Phi) is 8.44. The Hall–Kier alpha value is -3.79. The minimum Gasteiger partial charge on any atom is -0.493 e. The highest BCUT2D eigenvalue weighted by Crippen LogP contribution is 2.33. The quantitative estimate of drug-likeness (QED) is 0.296. The Balaban J connectivity index is 1.42. The number of likely N-dealkylation sites (N-methyl/N-ethyl adjacent to an activating group) is 1. The molecule has 5 rings (SSSR count). The molecule has 210 valence electrons. The molecular formula is C30H32ClN3O6. The van der Waals surface area contributed by atoms with E-state index in [0.29, 0.717) is 47.4 Å². The standard InChI is InChI=1S/C30H32ClN3O6/c1-32(29(35)19-34-24-17-23(31)9-11-26(24)40-30(34)36)25(18-33-12-14-39-15-13-33)21-6-4-20(5-7-21)22-8-10-27(37-2)28(16-22)38-3/h4-11,16-17,25H,12-15,18-19H2,1-3H3. The van der Waals surface area contributed by atoms with Gasteiger partial charge in [-0.2, -0.15) is 0 Å². The summed E-state index contributed by atoms with van der Waals surface area (Å²) < 4.78 is 23.0. The van der Waals surface area contributed by atoms with E-state index in [2.05, 4.69) is 4.90 Å². The van der Waals surface area contributed by atoms with E-state index in [4.69, 9.17) is 30.2 Å². The Morgan fingerprint density at radius 3 is 2.38 bits per heavy atom. The number of amides is 1. The van der Waals surface area contributed by atoms with Crippen LogP contribution >= 0.6 is 11.6 Å². The van der Waals surface area contributed by atoms with Gasteiger partial charge in [-0.1, -0.05) is 41.9 Å². The number of hydrogen-bond donors (Lipinski definition) is 0. The van der Waals surface area contributed by atoms with Gasteiger partial charge in [0.05, 0.1) is 39.0 Å². The minimum atomic E-state index is -0.594. The van der Waals surface area contributed by atoms with Gasteiger partial charge in [0, 0.05) is 31.7 Å². The molecule has 40 heavy (non-hydrogen) atoms. The van der Waals surface area contributed by atoms with Gasteiger partial charge in [-0.15, -0.1) is 0 Å². The average Bonchev–Trinajstić information content (AvgIpc) is 3.29. The van der Waals surface area contributed by atoms with Crippen LogP contribution in [0.15, 0.2) is 69.9 Å². The summed E-state index contributed by atoms with van der Waals surface area (Å²) in [6, 6.07) is 18.6. The molecule has 0 aliphatic carbocycles. The topological polar surface area (TPSA) is 86.4 Å². The summed E-state index contributed by atoms with van der Waals surface area (Å²) in [5.41, 5.74) is 3.86. The van der Waals surface area contributed by atoms with Crippen LogP contribution in [0.1, 0.15) is 11.6 Å². The number of benzene rings is 3. The molecule has 1 fully saturated rings. The van der Waals surface area contributed by atoms with Gasteiger partial charge in [-0.05, 0) is 47.0 Å². The number of ether oxygens (including phenoxy) is 3. The first-order chi connectivity index (χ1) is 19.4. The van der Waals surface area contributed by atoms with Crippen molar-refractivity contribution in [2.75, 3.05) is 54.1 Å². The van der Waals surface area contributed by atoms with E-state index in [1.807, 2.05) is 42.5 Å². The second-order valence-corrected chi connectivity index (χ2v) is 10.1. The van der Waals surface area contributed by atoms with Gasteiger partial charge in [0.2, 0.25) is 5.91 Å². The molecule has 1 atom stereocenters. The van der Waals surface area contributed by atoms with Gasteiger partial charge in [-0.25, -0.2) is 4.79 Å². The third-order valence-corrected chi connectivity index (χ3v) is 7.57. The highest BCUT2D eigenvalue weighted by molar-refractivity contribution is 6.31. The molecule has 0 N–H and O–H groups in total. The number of fused-ring (bicyclic) bond motifs is 1. The van der Waals surface area contributed by atoms with Crippen molar-refractivity contribution >= 4 is 28.6 Å². The van der Waals surface area contributed by atoms with Crippen molar-refractivity contribution in [1.82, 2.24) is 14.4 Å². The number of rotatable bonds is 9. The Morgan fingerprint density at radius 2 is 1.68 bits per heavy atom. The van der Waals surface area contributed by atoms with Crippen LogP contribution in [0.5, 0.6) is 11.5 Å². The fourth-order valence-corrected chi connectivity index (χ4v) is 5.17. The average molecular weight is 566 g/mol. The van der Waals surface area contributed by atoms with Crippen molar-refractivity contribution in [3.63, 3.8) is 0 Å². The van der Waals surface area contributed by atoms with E-state index in [-0.39, 0.29) is 18.5 Å². The van der Waals surface area contributed by atoms with Crippen LogP contribution in [0, 0.1) is 0 Å². The summed E-state index contributed by atoms with van der Waals surface area (Å²) in [6.45, 7) is 3.35. The molecule has 0 spiro atoms. The molecule has 1 unspecified atom stereocenters. The molecule has 4 aromatic rings. The molecule has 1 aromatic heterocycles. The Bertz CT molecular complexity index is 1540. The predicted octanol–water partition coefficient (Wildman–Crippen LogP) is 4.46. The molecule has 1 aliphatic heterocycles. The summed E-state index contributed by atoms with van der Waals surface area (Å²) in [7, 11) is 5.00. The first kappa shape index (κ1) is 27.8. The fraction of sp³-hybridized carbons (Fsp3) is 0.333. The van der Waals surface area contributed by atoms with Crippen LogP contribution in [-0.2, 0) is 16.1 Å². The summed E-state index contributed by atoms with van der Waals surface area (Å²) >= 11 is 6.15. The molecule has 1 saturated heterocycles. The lowest BCUT2D eigenvalue weighted by Gasteiger charge is -2.35. The first-order valence-corrected chi connectivity index (χ1v) is 13.4. The van der Waals surface area contributed by atoms with Gasteiger partial charge >= 0.3 is 5.76 Å². The van der Waals surface area contributed by atoms with Gasteiger partial charge in [0.25, 0.3) is 0 Å². The van der Waals surface area contributed by atoms with Crippen LogP contribution in [0.4, 0.5) is 0 Å². The van der Waals surface area contributed by atoms with Crippen molar-refractivity contribution in [3.05, 3.63) is 81.8 Å². The number of morpholine rings is 1. The van der Waals surface area contributed by atoms with Gasteiger partial charge < -0.3 is 23.5 Å². The maximum absolute atomic E-state index is 13.6. The molecule has 3 aromatic carbocycles. The highest BCUT2D eigenvalue weighted by atomic mass is 35.5. The molecule has 1 aliphatic rings. The second-order valence-electron chi connectivity index (χ2n) is 9.69. The summed E-state index contributed by atoms with van der Waals surface area (Å²) in [5.74, 6) is 0.512. The zero-order valence-electron chi connectivity index (χ0n) is 22.8. The van der Waals surface area contributed by atoms with Crippen LogP contribution in [0.3, 0.4) is 0 Å². The lowest BCUT2D eigenvalue weighted by Crippen LogP contribution is -2.44. The number of aromatic nitrogens is 1. The zero-order chi connectivity index (χ0) is 28.2. The smallest absolute Gasteiger partial charge is 0.420 e. The van der Waals surface area contributed by atoms with Crippen LogP contribution < -0.4 is 15.2 Å². The van der Waals surface area contributed by atoms with Gasteiger partial charge in [0.15, 0.2) is 17.1 Å². The monoisotopic (exact) mass is 565 g/mol. The van der Waals surface area contributed by atoms with Crippen molar-refractivity contribution in [2.24, 2.45) is 0 Å². The zero-order valence-corrected chi connectivity index (χ0v) is 23.5. The summed E-state index contributed by atoms with van der Waals surface area (Å²) in [6.07, 6.45) is 0. The molecule has 0 saturated carbocycles. The SMILES string of the molecule is COc1ccc(-c2ccc(C(CN3CCOCC3)N(C)C(=O)Cn3c(=O)oc4ccc(Cl)cc43)cc2)cc1OC. The maximum atomic E-state index is 13.6.